The highest BCUT2D eigenvalue weighted by Crippen LogP contribution is 2.37. The zero-order valence-corrected chi connectivity index (χ0v) is 16.2. The lowest BCUT2D eigenvalue weighted by Gasteiger charge is -2.20. The fraction of sp³-hybridized carbons (Fsp3) is 0.222. The van der Waals surface area contributed by atoms with E-state index in [1.807, 2.05) is 5.43 Å². The number of hydrogen-bond acceptors (Lipinski definition) is 2. The third-order valence-corrected chi connectivity index (χ3v) is 3.88. The van der Waals surface area contributed by atoms with Gasteiger partial charge in [-0.15, -0.1) is 0 Å². The monoisotopic (exact) mass is 488 g/mol. The molecule has 33 heavy (non-hydrogen) atoms. The Morgan fingerprint density at radius 1 is 0.667 bits per heavy atom. The van der Waals surface area contributed by atoms with Crippen molar-refractivity contribution < 1.29 is 49.1 Å². The smallest absolute Gasteiger partial charge is 0.307 e. The highest BCUT2D eigenvalue weighted by atomic mass is 19.4. The van der Waals surface area contributed by atoms with Crippen molar-refractivity contribution in [1.29, 1.82) is 0 Å². The summed E-state index contributed by atoms with van der Waals surface area (Å²) in [5, 5.41) is 4.27. The zero-order valence-electron chi connectivity index (χ0n) is 16.2. The molecule has 0 saturated heterocycles. The maximum Gasteiger partial charge on any atom is 0.416 e. The van der Waals surface area contributed by atoms with Crippen molar-refractivity contribution >= 4 is 23.4 Å². The number of hydrogen-bond donors (Lipinski definition) is 3. The molecule has 0 saturated carbocycles. The molecule has 4 amide bonds. The number of nitrogens with one attached hydrogen (secondary N) is 3. The van der Waals surface area contributed by atoms with Crippen molar-refractivity contribution in [2.45, 2.75) is 18.5 Å². The lowest BCUT2D eigenvalue weighted by molar-refractivity contribution is -0.143. The third-order valence-electron chi connectivity index (χ3n) is 3.88. The van der Waals surface area contributed by atoms with Crippen LogP contribution in [0.1, 0.15) is 16.7 Å². The predicted molar refractivity (Wildman–Crippen MR) is 96.8 cm³/mol. The van der Waals surface area contributed by atoms with Crippen LogP contribution < -0.4 is 16.1 Å². The summed E-state index contributed by atoms with van der Waals surface area (Å²) >= 11 is 0. The molecule has 15 heteroatoms. The maximum atomic E-state index is 12.9. The van der Waals surface area contributed by atoms with Crippen molar-refractivity contribution in [2.75, 3.05) is 17.7 Å². The molecule has 0 spiro atoms. The van der Waals surface area contributed by atoms with Crippen LogP contribution in [0.25, 0.3) is 0 Å². The van der Waals surface area contributed by atoms with Crippen LogP contribution in [0.5, 0.6) is 0 Å². The standard InChI is InChI=1S/C18H13F9N4O2/c1-31(30-14(32)28-12-4-2-9(3-5-12)16(19,20)21)15(33)29-13-7-10(17(22,23)24)6-11(8-13)18(25,26)27/h2-8H,1H3,(H,29,33)(H2,28,30,32). The van der Waals surface area contributed by atoms with Gasteiger partial charge in [0.1, 0.15) is 0 Å². The minimum Gasteiger partial charge on any atom is -0.307 e. The number of anilines is 2. The van der Waals surface area contributed by atoms with Crippen molar-refractivity contribution in [2.24, 2.45) is 0 Å². The molecule has 2 aromatic carbocycles. The van der Waals surface area contributed by atoms with Crippen LogP contribution in [-0.4, -0.2) is 24.1 Å². The Morgan fingerprint density at radius 2 is 1.12 bits per heavy atom. The van der Waals surface area contributed by atoms with Gasteiger partial charge in [-0.1, -0.05) is 0 Å². The van der Waals surface area contributed by atoms with Gasteiger partial charge in [0.2, 0.25) is 0 Å². The number of carbonyl (C=O) groups is 2. The number of hydrazine groups is 1. The van der Waals surface area contributed by atoms with E-state index >= 15 is 0 Å². The van der Waals surface area contributed by atoms with Crippen LogP contribution in [0.4, 0.5) is 60.5 Å². The zero-order chi connectivity index (χ0) is 25.2. The minimum atomic E-state index is -5.13. The Balaban J connectivity index is 2.07. The maximum absolute atomic E-state index is 12.9. The summed E-state index contributed by atoms with van der Waals surface area (Å²) < 4.78 is 115. The number of carbonyl (C=O) groups excluding carboxylic acids is 2. The average Bonchev–Trinajstić information content (AvgIpc) is 2.66. The largest absolute Gasteiger partial charge is 0.416 e. The van der Waals surface area contributed by atoms with E-state index < -0.39 is 53.0 Å². The molecule has 0 aliphatic rings. The van der Waals surface area contributed by atoms with Gasteiger partial charge in [0.05, 0.1) is 16.7 Å². The topological polar surface area (TPSA) is 73.5 Å². The molecule has 2 rings (SSSR count). The molecule has 180 valence electrons. The van der Waals surface area contributed by atoms with E-state index in [1.54, 1.807) is 5.32 Å². The first kappa shape index (κ1) is 25.6. The number of benzene rings is 2. The average molecular weight is 488 g/mol. The van der Waals surface area contributed by atoms with Crippen LogP contribution in [0.15, 0.2) is 42.5 Å². The fourth-order valence-electron chi connectivity index (χ4n) is 2.34. The number of amides is 4. The summed E-state index contributed by atoms with van der Waals surface area (Å²) in [6.45, 7) is 0. The molecule has 0 bridgehead atoms. The van der Waals surface area contributed by atoms with Crippen LogP contribution in [0.3, 0.4) is 0 Å². The molecule has 6 nitrogen and oxygen atoms in total. The number of rotatable bonds is 2. The van der Waals surface area contributed by atoms with Gasteiger partial charge in [0.25, 0.3) is 0 Å². The van der Waals surface area contributed by atoms with Crippen LogP contribution in [0, 0.1) is 0 Å². The van der Waals surface area contributed by atoms with Crippen LogP contribution in [-0.2, 0) is 18.5 Å². The summed E-state index contributed by atoms with van der Waals surface area (Å²) in [6, 6.07) is 1.16. The molecule has 3 N–H and O–H groups in total. The Kier molecular flexibility index (Phi) is 7.04. The Labute approximate surface area is 179 Å². The second-order valence-corrected chi connectivity index (χ2v) is 6.42. The highest BCUT2D eigenvalue weighted by molar-refractivity contribution is 5.94. The van der Waals surface area contributed by atoms with Crippen LogP contribution >= 0.6 is 0 Å². The third kappa shape index (κ3) is 7.18. The summed E-state index contributed by atoms with van der Waals surface area (Å²) in [5.41, 5.74) is -3.37. The van der Waals surface area contributed by atoms with Gasteiger partial charge in [0.15, 0.2) is 0 Å². The van der Waals surface area contributed by atoms with Gasteiger partial charge < -0.3 is 10.6 Å². The molecule has 0 aromatic heterocycles. The van der Waals surface area contributed by atoms with E-state index in [4.69, 9.17) is 0 Å². The summed E-state index contributed by atoms with van der Waals surface area (Å²) in [5.74, 6) is 0. The second kappa shape index (κ2) is 9.07. The summed E-state index contributed by atoms with van der Waals surface area (Å²) in [7, 11) is 0.917. The molecule has 0 heterocycles. The van der Waals surface area contributed by atoms with E-state index in [0.29, 0.717) is 17.1 Å². The molecule has 0 aliphatic carbocycles. The first-order chi connectivity index (χ1) is 15.0. The number of nitrogens with zero attached hydrogens (tertiary/aromatic N) is 1. The first-order valence-corrected chi connectivity index (χ1v) is 8.56. The molecule has 2 aromatic rings. The molecule has 0 fully saturated rings. The summed E-state index contributed by atoms with van der Waals surface area (Å²) in [4.78, 5) is 23.9. The van der Waals surface area contributed by atoms with Gasteiger partial charge in [-0.25, -0.2) is 20.0 Å². The second-order valence-electron chi connectivity index (χ2n) is 6.42. The molecule has 0 radical (unpaired) electrons. The number of alkyl halides is 9. The lowest BCUT2D eigenvalue weighted by Crippen LogP contribution is -2.47. The van der Waals surface area contributed by atoms with E-state index in [2.05, 4.69) is 5.32 Å². The molecule has 0 aliphatic heterocycles. The molecular formula is C18H13F9N4O2. The SMILES string of the molecule is CN(NC(=O)Nc1ccc(C(F)(F)F)cc1)C(=O)Nc1cc(C(F)(F)F)cc(C(F)(F)F)c1. The quantitative estimate of drug-likeness (QED) is 0.362. The highest BCUT2D eigenvalue weighted by Gasteiger charge is 2.37. The van der Waals surface area contributed by atoms with E-state index in [9.17, 15) is 49.1 Å². The Morgan fingerprint density at radius 3 is 1.55 bits per heavy atom. The Hall–Kier alpha value is -3.65. The van der Waals surface area contributed by atoms with Crippen molar-refractivity contribution in [1.82, 2.24) is 10.4 Å². The van der Waals surface area contributed by atoms with E-state index in [1.165, 1.54) is 0 Å². The number of urea groups is 2. The van der Waals surface area contributed by atoms with Gasteiger partial charge in [-0.05, 0) is 42.5 Å². The predicted octanol–water partition coefficient (Wildman–Crippen LogP) is 5.94. The molecular weight excluding hydrogens is 475 g/mol. The fourth-order valence-corrected chi connectivity index (χ4v) is 2.34. The minimum absolute atomic E-state index is 0.0954. The Bertz CT molecular complexity index is 983. The first-order valence-electron chi connectivity index (χ1n) is 8.56. The van der Waals surface area contributed by atoms with Crippen molar-refractivity contribution in [3.05, 3.63) is 59.2 Å². The van der Waals surface area contributed by atoms with E-state index in [-0.39, 0.29) is 23.9 Å². The lowest BCUT2D eigenvalue weighted by atomic mass is 10.1. The van der Waals surface area contributed by atoms with Crippen LogP contribution in [0.2, 0.25) is 0 Å². The van der Waals surface area contributed by atoms with Gasteiger partial charge >= 0.3 is 30.6 Å². The molecule has 0 atom stereocenters. The van der Waals surface area contributed by atoms with Gasteiger partial charge in [0, 0.05) is 18.4 Å². The van der Waals surface area contributed by atoms with Crippen molar-refractivity contribution in [3.63, 3.8) is 0 Å². The number of halogens is 9. The van der Waals surface area contributed by atoms with Crippen molar-refractivity contribution in [3.8, 4) is 0 Å². The molecule has 0 unspecified atom stereocenters. The van der Waals surface area contributed by atoms with Gasteiger partial charge in [-0.2, -0.15) is 39.5 Å². The van der Waals surface area contributed by atoms with Gasteiger partial charge in [-0.3, -0.25) is 0 Å². The normalized spacial score (nSPS) is 12.2. The van der Waals surface area contributed by atoms with E-state index in [0.717, 1.165) is 19.2 Å². The summed E-state index contributed by atoms with van der Waals surface area (Å²) in [6.07, 6.45) is -14.9.